The fraction of sp³-hybridized carbons (Fsp3) is 0.696. The number of rotatable bonds is 10. The molecule has 176 valence electrons. The van der Waals surface area contributed by atoms with Crippen LogP contribution in [-0.4, -0.2) is 45.7 Å². The van der Waals surface area contributed by atoms with Crippen LogP contribution in [0, 0.1) is 5.92 Å². The van der Waals surface area contributed by atoms with Crippen molar-refractivity contribution in [1.82, 2.24) is 0 Å². The van der Waals surface area contributed by atoms with E-state index >= 15 is 0 Å². The second-order valence-electron chi connectivity index (χ2n) is 9.01. The number of phosphoric acid groups is 1. The molecule has 0 radical (unpaired) electrons. The second-order valence-corrected chi connectivity index (χ2v) is 10.4. The van der Waals surface area contributed by atoms with Gasteiger partial charge in [0.15, 0.2) is 5.78 Å². The number of benzene rings is 1. The van der Waals surface area contributed by atoms with Crippen LogP contribution in [0.15, 0.2) is 24.3 Å². The van der Waals surface area contributed by atoms with Gasteiger partial charge in [-0.3, -0.25) is 9.36 Å². The number of hydrogen-bond donors (Lipinski definition) is 2. The Labute approximate surface area is 191 Å². The van der Waals surface area contributed by atoms with Crippen molar-refractivity contribution in [2.45, 2.75) is 77.2 Å². The molecule has 0 aromatic heterocycles. The fourth-order valence-corrected chi connectivity index (χ4v) is 5.32. The highest BCUT2D eigenvalue weighted by atomic mass is 35.5. The Morgan fingerprint density at radius 2 is 1.65 bits per heavy atom. The smallest absolute Gasteiger partial charge is 0.262 e. The summed E-state index contributed by atoms with van der Waals surface area (Å²) < 4.78 is 9.88. The number of piperidine rings is 3. The topological polar surface area (TPSA) is 97.7 Å². The molecule has 31 heavy (non-hydrogen) atoms. The number of aryl methyl sites for hydroxylation is 1. The van der Waals surface area contributed by atoms with Crippen LogP contribution in [0.5, 0.6) is 0 Å². The van der Waals surface area contributed by atoms with E-state index in [0.29, 0.717) is 11.7 Å². The average Bonchev–Trinajstić information content (AvgIpc) is 2.71. The van der Waals surface area contributed by atoms with Gasteiger partial charge in [0.05, 0.1) is 19.6 Å². The van der Waals surface area contributed by atoms with Crippen molar-refractivity contribution in [3.63, 3.8) is 0 Å². The summed E-state index contributed by atoms with van der Waals surface area (Å²) in [5.41, 5.74) is 1.34. The number of carbonyl (C=O) groups excluding carboxylic acids is 1. The molecule has 0 aliphatic carbocycles. The molecule has 3 fully saturated rings. The number of hydrogen-bond acceptors (Lipinski definition) is 3. The van der Waals surface area contributed by atoms with Crippen molar-refractivity contribution in [2.24, 2.45) is 5.92 Å². The molecule has 1 aromatic carbocycles. The van der Waals surface area contributed by atoms with Gasteiger partial charge in [0.1, 0.15) is 6.04 Å². The van der Waals surface area contributed by atoms with Crippen LogP contribution < -0.4 is 4.89 Å². The Kier molecular flexibility index (Phi) is 10.7. The molecule has 6 nitrogen and oxygen atoms in total. The molecule has 2 N–H and O–H groups in total. The first-order chi connectivity index (χ1) is 14.6. The first-order valence-corrected chi connectivity index (χ1v) is 13.5. The van der Waals surface area contributed by atoms with Crippen LogP contribution in [0.2, 0.25) is 5.02 Å². The molecule has 0 saturated carbocycles. The lowest BCUT2D eigenvalue weighted by Gasteiger charge is -2.53. The first kappa shape index (κ1) is 26.5. The van der Waals surface area contributed by atoms with E-state index in [1.54, 1.807) is 0 Å². The van der Waals surface area contributed by atoms with Crippen molar-refractivity contribution in [3.8, 4) is 0 Å². The molecule has 3 heterocycles. The molecule has 3 saturated heterocycles. The first-order valence-electron chi connectivity index (χ1n) is 11.5. The summed E-state index contributed by atoms with van der Waals surface area (Å²) in [5, 5.41) is 0.798. The van der Waals surface area contributed by atoms with Gasteiger partial charge < -0.3 is 19.2 Å². The zero-order chi connectivity index (χ0) is 22.9. The summed E-state index contributed by atoms with van der Waals surface area (Å²) in [6.07, 6.45) is 12.2. The Morgan fingerprint density at radius 1 is 1.06 bits per heavy atom. The van der Waals surface area contributed by atoms with Gasteiger partial charge in [0, 0.05) is 30.2 Å². The van der Waals surface area contributed by atoms with Crippen LogP contribution in [0.3, 0.4) is 0 Å². The minimum Gasteiger partial charge on any atom is -0.756 e. The fourth-order valence-electron chi connectivity index (χ4n) is 5.20. The molecule has 3 aliphatic rings. The van der Waals surface area contributed by atoms with Gasteiger partial charge >= 0.3 is 0 Å². The SMILES string of the molecule is CCCCCCC[N+]12CCC(CC1)C(=O)C2CCCc1ccc(Cl)cc1.O=P([O-])(O)O. The zero-order valence-corrected chi connectivity index (χ0v) is 20.2. The van der Waals surface area contributed by atoms with Gasteiger partial charge in [-0.2, -0.15) is 0 Å². The van der Waals surface area contributed by atoms with Gasteiger partial charge in [-0.05, 0) is 43.4 Å². The molecule has 3 aliphatic heterocycles. The summed E-state index contributed by atoms with van der Waals surface area (Å²) in [5.74, 6) is 0.961. The van der Waals surface area contributed by atoms with Crippen molar-refractivity contribution in [1.29, 1.82) is 0 Å². The lowest BCUT2D eigenvalue weighted by molar-refractivity contribution is -0.953. The number of unbranched alkanes of at least 4 members (excludes halogenated alkanes) is 4. The highest BCUT2D eigenvalue weighted by Crippen LogP contribution is 2.38. The number of fused-ring (bicyclic) bond motifs is 3. The molecule has 1 unspecified atom stereocenters. The predicted molar refractivity (Wildman–Crippen MR) is 122 cm³/mol. The standard InChI is InChI=1S/C23H35ClNO.H3O4P/c1-2-3-4-5-6-16-25-17-14-20(15-18-25)23(26)22(25)9-7-8-19-10-12-21(24)13-11-19;1-5(2,3)4/h10-13,20,22H,2-9,14-18H2,1H3;(H3,1,2,3,4)/q+1;/p-1. The third kappa shape index (κ3) is 8.95. The van der Waals surface area contributed by atoms with E-state index in [-0.39, 0.29) is 6.04 Å². The van der Waals surface area contributed by atoms with E-state index in [2.05, 4.69) is 19.1 Å². The van der Waals surface area contributed by atoms with Crippen LogP contribution in [0.4, 0.5) is 0 Å². The molecule has 1 atom stereocenters. The van der Waals surface area contributed by atoms with E-state index in [9.17, 15) is 4.79 Å². The Hall–Kier alpha value is -0.750. The molecule has 0 spiro atoms. The molecule has 4 rings (SSSR count). The lowest BCUT2D eigenvalue weighted by Crippen LogP contribution is -2.68. The van der Waals surface area contributed by atoms with E-state index in [0.717, 1.165) is 41.6 Å². The van der Waals surface area contributed by atoms with Crippen molar-refractivity contribution in [2.75, 3.05) is 19.6 Å². The number of nitrogens with zero attached hydrogens (tertiary/aromatic N) is 1. The van der Waals surface area contributed by atoms with Gasteiger partial charge in [-0.15, -0.1) is 0 Å². The average molecular weight is 474 g/mol. The van der Waals surface area contributed by atoms with Gasteiger partial charge in [0.25, 0.3) is 7.82 Å². The minimum absolute atomic E-state index is 0.279. The zero-order valence-electron chi connectivity index (χ0n) is 18.5. The minimum atomic E-state index is -4.89. The van der Waals surface area contributed by atoms with Gasteiger partial charge in [-0.25, -0.2) is 0 Å². The van der Waals surface area contributed by atoms with E-state index in [1.807, 2.05) is 12.1 Å². The maximum Gasteiger partial charge on any atom is 0.262 e. The molecule has 2 bridgehead atoms. The number of quaternary nitrogens is 1. The monoisotopic (exact) mass is 473 g/mol. The number of carbonyl (C=O) groups is 1. The highest BCUT2D eigenvalue weighted by Gasteiger charge is 2.52. The van der Waals surface area contributed by atoms with Gasteiger partial charge in [0.2, 0.25) is 0 Å². The molecule has 1 aromatic rings. The highest BCUT2D eigenvalue weighted by molar-refractivity contribution is 7.43. The largest absolute Gasteiger partial charge is 0.756 e. The Bertz CT molecular complexity index is 720. The third-order valence-corrected chi connectivity index (χ3v) is 7.05. The van der Waals surface area contributed by atoms with Crippen LogP contribution >= 0.6 is 19.4 Å². The normalized spacial score (nSPS) is 25.3. The Morgan fingerprint density at radius 3 is 2.23 bits per heavy atom. The summed E-state index contributed by atoms with van der Waals surface area (Å²) in [6, 6.07) is 8.46. The van der Waals surface area contributed by atoms with Crippen LogP contribution in [0.25, 0.3) is 0 Å². The summed E-state index contributed by atoms with van der Waals surface area (Å²) >= 11 is 5.98. The van der Waals surface area contributed by atoms with Crippen LogP contribution in [-0.2, 0) is 15.8 Å². The molecule has 8 heteroatoms. The van der Waals surface area contributed by atoms with Gasteiger partial charge in [-0.1, -0.05) is 49.9 Å². The van der Waals surface area contributed by atoms with E-state index < -0.39 is 7.82 Å². The summed E-state index contributed by atoms with van der Waals surface area (Å²) in [4.78, 5) is 35.9. The maximum absolute atomic E-state index is 13.0. The number of ketones is 1. The quantitative estimate of drug-likeness (QED) is 0.301. The molecular weight excluding hydrogens is 437 g/mol. The van der Waals surface area contributed by atoms with Crippen molar-refractivity contribution in [3.05, 3.63) is 34.9 Å². The van der Waals surface area contributed by atoms with Crippen molar-refractivity contribution < 1.29 is 28.5 Å². The van der Waals surface area contributed by atoms with E-state index in [1.165, 1.54) is 57.3 Å². The summed E-state index contributed by atoms with van der Waals surface area (Å²) in [6.45, 7) is 5.99. The predicted octanol–water partition coefficient (Wildman–Crippen LogP) is 4.25. The van der Waals surface area contributed by atoms with Crippen LogP contribution in [0.1, 0.15) is 70.3 Å². The number of Topliss-reactive ketones (excluding diaryl/α,β-unsaturated/α-hetero) is 1. The Balaban J connectivity index is 0.000000614. The molecular formula is C23H37ClNO5P. The second kappa shape index (κ2) is 12.5. The molecule has 0 amide bonds. The summed E-state index contributed by atoms with van der Waals surface area (Å²) in [7, 11) is -4.89. The van der Waals surface area contributed by atoms with Crippen molar-refractivity contribution >= 4 is 25.2 Å². The third-order valence-electron chi connectivity index (χ3n) is 6.80. The lowest BCUT2D eigenvalue weighted by atomic mass is 9.77. The maximum atomic E-state index is 13.0. The van der Waals surface area contributed by atoms with E-state index in [4.69, 9.17) is 30.8 Å². The number of halogens is 1.